The van der Waals surface area contributed by atoms with Crippen molar-refractivity contribution < 1.29 is 14.7 Å². The number of carboxylic acid groups (broad SMARTS) is 1. The lowest BCUT2D eigenvalue weighted by molar-refractivity contribution is -0.141. The molecule has 0 aliphatic heterocycles. The van der Waals surface area contributed by atoms with Crippen molar-refractivity contribution in [3.05, 3.63) is 12.4 Å². The predicted octanol–water partition coefficient (Wildman–Crippen LogP) is 0.604. The smallest absolute Gasteiger partial charge is 0.321 e. The molecule has 0 aromatic carbocycles. The Morgan fingerprint density at radius 2 is 2.29 bits per heavy atom. The van der Waals surface area contributed by atoms with Crippen LogP contribution in [0.3, 0.4) is 0 Å². The summed E-state index contributed by atoms with van der Waals surface area (Å²) in [7, 11) is 3.29. The Morgan fingerprint density at radius 1 is 1.65 bits per heavy atom. The van der Waals surface area contributed by atoms with Crippen LogP contribution in [-0.2, 0) is 11.8 Å². The number of carbonyl (C=O) groups is 2. The van der Waals surface area contributed by atoms with Crippen LogP contribution in [0.1, 0.15) is 6.92 Å². The summed E-state index contributed by atoms with van der Waals surface area (Å²) < 4.78 is 1.56. The maximum Gasteiger partial charge on any atom is 0.321 e. The summed E-state index contributed by atoms with van der Waals surface area (Å²) in [5.41, 5.74) is 0.576. The van der Waals surface area contributed by atoms with Gasteiger partial charge in [-0.3, -0.25) is 9.48 Å². The van der Waals surface area contributed by atoms with Crippen molar-refractivity contribution in [2.75, 3.05) is 18.9 Å². The Hall–Kier alpha value is -2.05. The molecule has 1 aromatic heterocycles. The molecular weight excluding hydrogens is 224 g/mol. The molecule has 0 radical (unpaired) electrons. The first kappa shape index (κ1) is 13.0. The number of aromatic nitrogens is 2. The van der Waals surface area contributed by atoms with Crippen molar-refractivity contribution in [3.63, 3.8) is 0 Å². The number of rotatable bonds is 4. The fraction of sp³-hybridized carbons (Fsp3) is 0.500. The van der Waals surface area contributed by atoms with E-state index in [2.05, 4.69) is 10.4 Å². The van der Waals surface area contributed by atoms with Crippen LogP contribution in [0.25, 0.3) is 0 Å². The van der Waals surface area contributed by atoms with Crippen molar-refractivity contribution in [1.82, 2.24) is 14.7 Å². The van der Waals surface area contributed by atoms with Gasteiger partial charge in [-0.1, -0.05) is 6.92 Å². The minimum absolute atomic E-state index is 0.154. The van der Waals surface area contributed by atoms with Crippen molar-refractivity contribution in [3.8, 4) is 0 Å². The van der Waals surface area contributed by atoms with Gasteiger partial charge in [-0.25, -0.2) is 4.79 Å². The molecule has 1 heterocycles. The third-order valence-electron chi connectivity index (χ3n) is 2.27. The van der Waals surface area contributed by atoms with E-state index < -0.39 is 11.9 Å². The molecule has 0 saturated heterocycles. The van der Waals surface area contributed by atoms with Crippen LogP contribution in [0.5, 0.6) is 0 Å². The van der Waals surface area contributed by atoms with Gasteiger partial charge in [0.25, 0.3) is 0 Å². The summed E-state index contributed by atoms with van der Waals surface area (Å²) in [6, 6.07) is -0.355. The zero-order valence-corrected chi connectivity index (χ0v) is 10.0. The number of carbonyl (C=O) groups excluding carboxylic acids is 1. The number of urea groups is 1. The number of aliphatic carboxylic acids is 1. The zero-order chi connectivity index (χ0) is 13.0. The highest BCUT2D eigenvalue weighted by molar-refractivity contribution is 5.89. The summed E-state index contributed by atoms with van der Waals surface area (Å²) in [5, 5.41) is 15.3. The van der Waals surface area contributed by atoms with Crippen LogP contribution in [0, 0.1) is 5.92 Å². The highest BCUT2D eigenvalue weighted by atomic mass is 16.4. The Morgan fingerprint density at radius 3 is 2.76 bits per heavy atom. The number of amides is 2. The van der Waals surface area contributed by atoms with Gasteiger partial charge >= 0.3 is 12.0 Å². The van der Waals surface area contributed by atoms with Crippen molar-refractivity contribution >= 4 is 17.7 Å². The molecule has 0 aliphatic carbocycles. The van der Waals surface area contributed by atoms with Crippen LogP contribution in [0.15, 0.2) is 12.4 Å². The fourth-order valence-electron chi connectivity index (χ4n) is 1.28. The van der Waals surface area contributed by atoms with E-state index in [1.54, 1.807) is 31.9 Å². The molecule has 0 bridgehead atoms. The Balaban J connectivity index is 2.50. The molecule has 2 N–H and O–H groups in total. The zero-order valence-electron chi connectivity index (χ0n) is 10.0. The average Bonchev–Trinajstić information content (AvgIpc) is 2.63. The summed E-state index contributed by atoms with van der Waals surface area (Å²) in [6.45, 7) is 1.71. The molecule has 1 rings (SSSR count). The molecular formula is C10H16N4O3. The van der Waals surface area contributed by atoms with E-state index in [4.69, 9.17) is 5.11 Å². The highest BCUT2D eigenvalue weighted by Crippen LogP contribution is 2.06. The highest BCUT2D eigenvalue weighted by Gasteiger charge is 2.17. The minimum atomic E-state index is -0.925. The van der Waals surface area contributed by atoms with E-state index in [1.165, 1.54) is 11.1 Å². The fourth-order valence-corrected chi connectivity index (χ4v) is 1.28. The van der Waals surface area contributed by atoms with Gasteiger partial charge in [0.2, 0.25) is 0 Å². The van der Waals surface area contributed by atoms with Gasteiger partial charge in [0.15, 0.2) is 0 Å². The first-order chi connectivity index (χ1) is 7.90. The first-order valence-corrected chi connectivity index (χ1v) is 5.13. The number of aryl methyl sites for hydroxylation is 1. The molecule has 1 unspecified atom stereocenters. The third kappa shape index (κ3) is 3.78. The van der Waals surface area contributed by atoms with Gasteiger partial charge in [0.1, 0.15) is 0 Å². The number of hydrogen-bond donors (Lipinski definition) is 2. The maximum absolute atomic E-state index is 11.7. The monoisotopic (exact) mass is 240 g/mol. The summed E-state index contributed by atoms with van der Waals surface area (Å²) in [4.78, 5) is 23.6. The van der Waals surface area contributed by atoms with E-state index in [-0.39, 0.29) is 12.6 Å². The van der Waals surface area contributed by atoms with Gasteiger partial charge in [-0.15, -0.1) is 0 Å². The van der Waals surface area contributed by atoms with E-state index >= 15 is 0 Å². The van der Waals surface area contributed by atoms with Crippen molar-refractivity contribution in [1.29, 1.82) is 0 Å². The molecule has 2 amide bonds. The van der Waals surface area contributed by atoms with Crippen LogP contribution in [0.2, 0.25) is 0 Å². The van der Waals surface area contributed by atoms with Gasteiger partial charge in [0, 0.05) is 26.8 Å². The number of anilines is 1. The quantitative estimate of drug-likeness (QED) is 0.807. The summed E-state index contributed by atoms with van der Waals surface area (Å²) in [5.74, 6) is -1.52. The largest absolute Gasteiger partial charge is 0.481 e. The summed E-state index contributed by atoms with van der Waals surface area (Å²) in [6.07, 6.45) is 3.18. The first-order valence-electron chi connectivity index (χ1n) is 5.13. The Labute approximate surface area is 99.0 Å². The minimum Gasteiger partial charge on any atom is -0.481 e. The number of carboxylic acids is 1. The molecule has 1 atom stereocenters. The number of hydrogen-bond acceptors (Lipinski definition) is 3. The Bertz CT molecular complexity index is 415. The van der Waals surface area contributed by atoms with E-state index in [0.29, 0.717) is 5.69 Å². The second-order valence-electron chi connectivity index (χ2n) is 3.95. The molecule has 7 heteroatoms. The molecule has 17 heavy (non-hydrogen) atoms. The lowest BCUT2D eigenvalue weighted by Crippen LogP contribution is -2.36. The maximum atomic E-state index is 11.7. The van der Waals surface area contributed by atoms with E-state index in [0.717, 1.165) is 0 Å². The molecule has 0 aliphatic rings. The molecule has 0 spiro atoms. The molecule has 7 nitrogen and oxygen atoms in total. The van der Waals surface area contributed by atoms with Crippen LogP contribution in [0.4, 0.5) is 10.5 Å². The second kappa shape index (κ2) is 5.33. The third-order valence-corrected chi connectivity index (χ3v) is 2.27. The predicted molar refractivity (Wildman–Crippen MR) is 61.7 cm³/mol. The standard InChI is InChI=1S/C10H16N4O3/c1-7(9(15)16)5-13(2)10(17)12-8-4-11-14(3)6-8/h4,6-7H,5H2,1-3H3,(H,12,17)(H,15,16). The van der Waals surface area contributed by atoms with E-state index in [1.807, 2.05) is 0 Å². The molecule has 0 fully saturated rings. The lowest BCUT2D eigenvalue weighted by atomic mass is 10.2. The second-order valence-corrected chi connectivity index (χ2v) is 3.95. The number of nitrogens with one attached hydrogen (secondary N) is 1. The van der Waals surface area contributed by atoms with Crippen molar-refractivity contribution in [2.24, 2.45) is 13.0 Å². The van der Waals surface area contributed by atoms with Gasteiger partial charge in [-0.05, 0) is 0 Å². The molecule has 94 valence electrons. The molecule has 0 saturated carbocycles. The van der Waals surface area contributed by atoms with Crippen LogP contribution in [-0.4, -0.2) is 45.4 Å². The number of nitrogens with zero attached hydrogens (tertiary/aromatic N) is 3. The Kier molecular flexibility index (Phi) is 4.08. The topological polar surface area (TPSA) is 87.5 Å². The average molecular weight is 240 g/mol. The summed E-state index contributed by atoms with van der Waals surface area (Å²) >= 11 is 0. The molecule has 1 aromatic rings. The van der Waals surface area contributed by atoms with Gasteiger partial charge < -0.3 is 15.3 Å². The van der Waals surface area contributed by atoms with E-state index in [9.17, 15) is 9.59 Å². The lowest BCUT2D eigenvalue weighted by Gasteiger charge is -2.19. The van der Waals surface area contributed by atoms with Gasteiger partial charge in [0.05, 0.1) is 17.8 Å². The van der Waals surface area contributed by atoms with Crippen LogP contribution >= 0.6 is 0 Å². The van der Waals surface area contributed by atoms with Crippen molar-refractivity contribution in [2.45, 2.75) is 6.92 Å². The SMILES string of the molecule is CC(CN(C)C(=O)Nc1cnn(C)c1)C(=O)O. The van der Waals surface area contributed by atoms with Gasteiger partial charge in [-0.2, -0.15) is 5.10 Å². The normalized spacial score (nSPS) is 11.9. The van der Waals surface area contributed by atoms with Crippen LogP contribution < -0.4 is 5.32 Å².